The van der Waals surface area contributed by atoms with E-state index in [1.165, 1.54) is 0 Å². The van der Waals surface area contributed by atoms with Crippen LogP contribution in [-0.4, -0.2) is 18.4 Å². The monoisotopic (exact) mass is 85.1 g/mol. The minimum Gasteiger partial charge on any atom is -0.381 e. The fraction of sp³-hybridized carbons (Fsp3) is 0.500. The van der Waals surface area contributed by atoms with Gasteiger partial charge in [-0.1, -0.05) is 5.92 Å². The average Bonchev–Trinajstić information content (AvgIpc) is 1.61. The van der Waals surface area contributed by atoms with Crippen molar-refractivity contribution >= 4 is 0 Å². The topological polar surface area (TPSA) is 32.3 Å². The zero-order valence-electron chi connectivity index (χ0n) is 3.44. The van der Waals surface area contributed by atoms with Gasteiger partial charge in [-0.05, 0) is 0 Å². The Kier molecular flexibility index (Phi) is 4.09. The maximum Gasteiger partial charge on any atom is 0.0938 e. The van der Waals surface area contributed by atoms with Crippen LogP contribution in [0.25, 0.3) is 0 Å². The van der Waals surface area contributed by atoms with Crippen molar-refractivity contribution < 1.29 is 5.11 Å². The zero-order valence-corrected chi connectivity index (χ0v) is 3.44. The molecule has 34 valence electrons. The molecular weight excluding hydrogens is 78.0 g/mol. The Hall–Kier alpha value is -0.520. The first-order chi connectivity index (χ1) is 2.91. The number of rotatable bonds is 2. The smallest absolute Gasteiger partial charge is 0.0938 e. The second-order valence-corrected chi connectivity index (χ2v) is 0.789. The summed E-state index contributed by atoms with van der Waals surface area (Å²) in [7, 11) is 0. The third-order valence-corrected chi connectivity index (χ3v) is 0.339. The lowest BCUT2D eigenvalue weighted by Crippen LogP contribution is -2.13. The van der Waals surface area contributed by atoms with Crippen molar-refractivity contribution in [3.05, 3.63) is 0 Å². The highest BCUT2D eigenvalue weighted by Crippen LogP contribution is 1.45. The van der Waals surface area contributed by atoms with E-state index in [1.54, 1.807) is 0 Å². The van der Waals surface area contributed by atoms with Gasteiger partial charge in [-0.15, -0.1) is 6.42 Å². The lowest BCUT2D eigenvalue weighted by Gasteiger charge is -1.85. The summed E-state index contributed by atoms with van der Waals surface area (Å²) >= 11 is 0. The molecule has 0 aliphatic rings. The minimum atomic E-state index is -0.0375. The van der Waals surface area contributed by atoms with Crippen molar-refractivity contribution in [2.75, 3.05) is 13.3 Å². The summed E-state index contributed by atoms with van der Waals surface area (Å²) in [6.07, 6.45) is 4.79. The van der Waals surface area contributed by atoms with Gasteiger partial charge in [0.1, 0.15) is 0 Å². The summed E-state index contributed by atoms with van der Waals surface area (Å²) in [6.45, 7) is 0.403. The van der Waals surface area contributed by atoms with Crippen molar-refractivity contribution in [2.45, 2.75) is 0 Å². The second kappa shape index (κ2) is 4.48. The van der Waals surface area contributed by atoms with Crippen LogP contribution in [0.4, 0.5) is 0 Å². The Morgan fingerprint density at radius 2 is 2.50 bits per heavy atom. The molecule has 0 heterocycles. The van der Waals surface area contributed by atoms with Crippen molar-refractivity contribution in [3.63, 3.8) is 0 Å². The Bertz CT molecular complexity index is 55.1. The molecule has 2 heteroatoms. The van der Waals surface area contributed by atoms with Gasteiger partial charge in [-0.3, -0.25) is 5.32 Å². The number of aliphatic hydroxyl groups is 1. The molecule has 0 radical (unpaired) electrons. The Morgan fingerprint density at radius 1 is 1.83 bits per heavy atom. The molecule has 0 aliphatic heterocycles. The van der Waals surface area contributed by atoms with Crippen LogP contribution < -0.4 is 5.32 Å². The molecule has 0 aromatic heterocycles. The van der Waals surface area contributed by atoms with Gasteiger partial charge < -0.3 is 5.11 Å². The van der Waals surface area contributed by atoms with Gasteiger partial charge in [0, 0.05) is 0 Å². The maximum absolute atomic E-state index is 7.99. The van der Waals surface area contributed by atoms with Gasteiger partial charge in [0.25, 0.3) is 0 Å². The van der Waals surface area contributed by atoms with Gasteiger partial charge >= 0.3 is 0 Å². The number of hydrogen-bond donors (Lipinski definition) is 2. The number of hydrogen-bond acceptors (Lipinski definition) is 2. The maximum atomic E-state index is 7.99. The second-order valence-electron chi connectivity index (χ2n) is 0.789. The normalized spacial score (nSPS) is 7.33. The molecule has 2 nitrogen and oxygen atoms in total. The standard InChI is InChI=1S/C4H7NO/c1-2-3-5-4-6/h1,5-6H,3-4H2. The summed E-state index contributed by atoms with van der Waals surface area (Å²) in [4.78, 5) is 0. The highest BCUT2D eigenvalue weighted by Gasteiger charge is 1.67. The third-order valence-electron chi connectivity index (χ3n) is 0.339. The molecule has 0 aromatic rings. The first-order valence-electron chi connectivity index (χ1n) is 1.67. The van der Waals surface area contributed by atoms with Gasteiger partial charge in [0.05, 0.1) is 13.3 Å². The number of aliphatic hydroxyl groups excluding tert-OH is 1. The molecule has 0 rings (SSSR count). The summed E-state index contributed by atoms with van der Waals surface area (Å²) in [6, 6.07) is 0. The lowest BCUT2D eigenvalue weighted by molar-refractivity contribution is 0.268. The molecule has 0 aromatic carbocycles. The van der Waals surface area contributed by atoms with Crippen LogP contribution in [-0.2, 0) is 0 Å². The molecule has 0 saturated heterocycles. The molecule has 2 N–H and O–H groups in total. The predicted octanol–water partition coefficient (Wildman–Crippen LogP) is -0.841. The van der Waals surface area contributed by atoms with Gasteiger partial charge in [0.15, 0.2) is 0 Å². The molecule has 0 fully saturated rings. The van der Waals surface area contributed by atoms with E-state index in [4.69, 9.17) is 11.5 Å². The van der Waals surface area contributed by atoms with Crippen LogP contribution in [0.5, 0.6) is 0 Å². The van der Waals surface area contributed by atoms with Gasteiger partial charge in [0.2, 0.25) is 0 Å². The van der Waals surface area contributed by atoms with Crippen molar-refractivity contribution in [1.29, 1.82) is 0 Å². The van der Waals surface area contributed by atoms with E-state index in [2.05, 4.69) is 11.2 Å². The fourth-order valence-electron chi connectivity index (χ4n) is 0.128. The van der Waals surface area contributed by atoms with E-state index in [1.807, 2.05) is 0 Å². The van der Waals surface area contributed by atoms with E-state index in [0.717, 1.165) is 0 Å². The lowest BCUT2D eigenvalue weighted by atomic mass is 10.7. The molecule has 0 atom stereocenters. The van der Waals surface area contributed by atoms with Gasteiger partial charge in [-0.25, -0.2) is 0 Å². The largest absolute Gasteiger partial charge is 0.381 e. The quantitative estimate of drug-likeness (QED) is 0.260. The van der Waals surface area contributed by atoms with Crippen LogP contribution in [0.3, 0.4) is 0 Å². The molecular formula is C4H7NO. The Labute approximate surface area is 37.2 Å². The van der Waals surface area contributed by atoms with Crippen LogP contribution in [0, 0.1) is 12.3 Å². The Balaban J connectivity index is 2.54. The number of nitrogens with one attached hydrogen (secondary N) is 1. The van der Waals surface area contributed by atoms with Crippen molar-refractivity contribution in [3.8, 4) is 12.3 Å². The Morgan fingerprint density at radius 3 is 2.67 bits per heavy atom. The van der Waals surface area contributed by atoms with Crippen molar-refractivity contribution in [1.82, 2.24) is 5.32 Å². The first-order valence-corrected chi connectivity index (χ1v) is 1.67. The van der Waals surface area contributed by atoms with Crippen LogP contribution in [0.2, 0.25) is 0 Å². The molecule has 6 heavy (non-hydrogen) atoms. The summed E-state index contributed by atoms with van der Waals surface area (Å²) in [5.41, 5.74) is 0. The van der Waals surface area contributed by atoms with E-state index < -0.39 is 0 Å². The molecule has 0 amide bonds. The van der Waals surface area contributed by atoms with E-state index in [-0.39, 0.29) is 6.73 Å². The fourth-order valence-corrected chi connectivity index (χ4v) is 0.128. The highest BCUT2D eigenvalue weighted by molar-refractivity contribution is 4.85. The highest BCUT2D eigenvalue weighted by atomic mass is 16.3. The summed E-state index contributed by atoms with van der Waals surface area (Å²) in [5, 5.41) is 10.5. The van der Waals surface area contributed by atoms with Crippen molar-refractivity contribution in [2.24, 2.45) is 0 Å². The molecule has 0 spiro atoms. The molecule has 0 saturated carbocycles. The van der Waals surface area contributed by atoms with Gasteiger partial charge in [-0.2, -0.15) is 0 Å². The SMILES string of the molecule is C#CCNCO. The molecule has 0 bridgehead atoms. The third kappa shape index (κ3) is 3.48. The van der Waals surface area contributed by atoms with E-state index in [0.29, 0.717) is 6.54 Å². The predicted molar refractivity (Wildman–Crippen MR) is 23.9 cm³/mol. The van der Waals surface area contributed by atoms with Crippen LogP contribution in [0.1, 0.15) is 0 Å². The van der Waals surface area contributed by atoms with E-state index >= 15 is 0 Å². The zero-order chi connectivity index (χ0) is 4.83. The number of terminal acetylenes is 1. The first kappa shape index (κ1) is 5.48. The van der Waals surface area contributed by atoms with Crippen LogP contribution in [0.15, 0.2) is 0 Å². The van der Waals surface area contributed by atoms with E-state index in [9.17, 15) is 0 Å². The summed E-state index contributed by atoms with van der Waals surface area (Å²) < 4.78 is 0. The average molecular weight is 85.1 g/mol. The molecule has 0 unspecified atom stereocenters. The molecule has 0 aliphatic carbocycles. The minimum absolute atomic E-state index is 0.0375. The van der Waals surface area contributed by atoms with Crippen LogP contribution >= 0.6 is 0 Å². The summed E-state index contributed by atoms with van der Waals surface area (Å²) in [5.74, 6) is 2.30.